The molecule has 0 radical (unpaired) electrons. The summed E-state index contributed by atoms with van der Waals surface area (Å²) < 4.78 is 6.61. The summed E-state index contributed by atoms with van der Waals surface area (Å²) in [7, 11) is 0. The Hall–Kier alpha value is -6.76. The molecule has 1 aliphatic heterocycles. The molecule has 9 aromatic rings. The van der Waals surface area contributed by atoms with Gasteiger partial charge in [-0.1, -0.05) is 115 Å². The van der Waals surface area contributed by atoms with Crippen LogP contribution in [-0.4, -0.2) is 4.98 Å². The molecule has 0 aliphatic carbocycles. The fraction of sp³-hybridized carbons (Fsp3) is 0. The van der Waals surface area contributed by atoms with Gasteiger partial charge in [-0.05, 0) is 96.0 Å². The first kappa shape index (κ1) is 27.4. The maximum atomic E-state index is 9.75. The van der Waals surface area contributed by atoms with E-state index in [1.807, 2.05) is 42.7 Å². The van der Waals surface area contributed by atoms with Crippen molar-refractivity contribution >= 4 is 43.1 Å². The molecule has 226 valence electrons. The van der Waals surface area contributed by atoms with Gasteiger partial charge >= 0.3 is 0 Å². The molecule has 0 saturated heterocycles. The van der Waals surface area contributed by atoms with Gasteiger partial charge in [0.15, 0.2) is 0 Å². The van der Waals surface area contributed by atoms with Gasteiger partial charge in [-0.15, -0.1) is 0 Å². The van der Waals surface area contributed by atoms with Crippen LogP contribution < -0.4 is 4.74 Å². The average Bonchev–Trinajstić information content (AvgIpc) is 3.17. The van der Waals surface area contributed by atoms with Crippen molar-refractivity contribution in [1.82, 2.24) is 4.98 Å². The molecule has 1 aliphatic rings. The van der Waals surface area contributed by atoms with E-state index in [-0.39, 0.29) is 0 Å². The number of hydrogen-bond donors (Lipinski definition) is 0. The van der Waals surface area contributed by atoms with E-state index >= 15 is 0 Å². The number of ether oxygens (including phenoxy) is 1. The van der Waals surface area contributed by atoms with Crippen molar-refractivity contribution in [3.8, 4) is 62.1 Å². The zero-order chi connectivity index (χ0) is 32.5. The Morgan fingerprint density at radius 2 is 1.06 bits per heavy atom. The van der Waals surface area contributed by atoms with Crippen LogP contribution in [0.5, 0.6) is 11.5 Å². The van der Waals surface area contributed by atoms with Crippen LogP contribution in [0.2, 0.25) is 0 Å². The van der Waals surface area contributed by atoms with Crippen LogP contribution in [0, 0.1) is 11.3 Å². The van der Waals surface area contributed by atoms with E-state index in [2.05, 4.69) is 126 Å². The van der Waals surface area contributed by atoms with Crippen molar-refractivity contribution < 1.29 is 4.74 Å². The van der Waals surface area contributed by atoms with E-state index in [0.29, 0.717) is 5.56 Å². The highest BCUT2D eigenvalue weighted by atomic mass is 16.5. The second kappa shape index (κ2) is 10.6. The van der Waals surface area contributed by atoms with Gasteiger partial charge in [0, 0.05) is 34.3 Å². The maximum Gasteiger partial charge on any atom is 0.135 e. The predicted molar refractivity (Wildman–Crippen MR) is 201 cm³/mol. The normalized spacial score (nSPS) is 11.8. The van der Waals surface area contributed by atoms with Gasteiger partial charge in [-0.25, -0.2) is 0 Å². The molecule has 3 heteroatoms. The Morgan fingerprint density at radius 3 is 1.76 bits per heavy atom. The first-order valence-corrected chi connectivity index (χ1v) is 16.4. The monoisotopic (exact) mass is 622 g/mol. The highest BCUT2D eigenvalue weighted by Gasteiger charge is 2.24. The van der Waals surface area contributed by atoms with Gasteiger partial charge in [0.2, 0.25) is 0 Å². The highest BCUT2D eigenvalue weighted by Crippen LogP contribution is 2.51. The molecular formula is C46H26N2O. The number of fused-ring (bicyclic) bond motifs is 5. The summed E-state index contributed by atoms with van der Waals surface area (Å²) in [5, 5.41) is 18.9. The molecule has 0 saturated carbocycles. The smallest absolute Gasteiger partial charge is 0.135 e. The van der Waals surface area contributed by atoms with Crippen molar-refractivity contribution in [3.63, 3.8) is 0 Å². The fourth-order valence-electron chi connectivity index (χ4n) is 7.90. The van der Waals surface area contributed by atoms with Crippen LogP contribution in [0.4, 0.5) is 0 Å². The second-order valence-electron chi connectivity index (χ2n) is 12.6. The summed E-state index contributed by atoms with van der Waals surface area (Å²) in [6.45, 7) is 0. The minimum Gasteiger partial charge on any atom is -0.456 e. The molecule has 0 amide bonds. The maximum absolute atomic E-state index is 9.75. The lowest BCUT2D eigenvalue weighted by atomic mass is 9.83. The number of nitrogens with zero attached hydrogens (tertiary/aromatic N) is 2. The van der Waals surface area contributed by atoms with E-state index in [1.54, 1.807) is 0 Å². The summed E-state index contributed by atoms with van der Waals surface area (Å²) in [6.07, 6.45) is 3.76. The topological polar surface area (TPSA) is 45.9 Å². The SMILES string of the molecule is N#Cc1ccc2c3c(cccc13)Oc1cc(-c3c4ccccc4c(-c4ccc(-c5cccnc5)c5ccccc45)c4ccccc34)ccc1-2. The Balaban J connectivity index is 1.23. The number of benzene rings is 8. The summed E-state index contributed by atoms with van der Waals surface area (Å²) in [6, 6.07) is 53.7. The number of nitriles is 1. The number of pyridine rings is 1. The van der Waals surface area contributed by atoms with Crippen molar-refractivity contribution in [1.29, 1.82) is 5.26 Å². The molecule has 0 bridgehead atoms. The third-order valence-corrected chi connectivity index (χ3v) is 10.0. The summed E-state index contributed by atoms with van der Waals surface area (Å²) in [4.78, 5) is 4.40. The quantitative estimate of drug-likeness (QED) is 0.184. The van der Waals surface area contributed by atoms with Gasteiger partial charge < -0.3 is 4.74 Å². The van der Waals surface area contributed by atoms with Gasteiger partial charge in [0.1, 0.15) is 11.5 Å². The van der Waals surface area contributed by atoms with Crippen molar-refractivity contribution in [2.75, 3.05) is 0 Å². The van der Waals surface area contributed by atoms with E-state index in [1.165, 1.54) is 54.6 Å². The predicted octanol–water partition coefficient (Wildman–Crippen LogP) is 12.3. The molecule has 3 nitrogen and oxygen atoms in total. The zero-order valence-corrected chi connectivity index (χ0v) is 26.3. The van der Waals surface area contributed by atoms with Crippen LogP contribution in [-0.2, 0) is 0 Å². The lowest BCUT2D eigenvalue weighted by Crippen LogP contribution is -1.99. The van der Waals surface area contributed by atoms with E-state index in [4.69, 9.17) is 4.74 Å². The average molecular weight is 623 g/mol. The summed E-state index contributed by atoms with van der Waals surface area (Å²) in [5.74, 6) is 1.59. The molecule has 0 fully saturated rings. The molecule has 0 unspecified atom stereocenters. The molecule has 49 heavy (non-hydrogen) atoms. The molecule has 2 heterocycles. The van der Waals surface area contributed by atoms with Gasteiger partial charge in [-0.2, -0.15) is 5.26 Å². The lowest BCUT2D eigenvalue weighted by Gasteiger charge is -2.23. The standard InChI is InChI=1S/C46H26N2O/c47-26-29-19-21-41-35-20-18-28(25-43(35)49-42-17-7-16-32(29)46(41)42)44-36-12-3-5-14-38(36)45(39-15-6-4-13-37(39)44)40-23-22-31(30-9-8-24-48-27-30)33-10-1-2-11-34(33)40/h1-25,27H. The largest absolute Gasteiger partial charge is 0.456 e. The third-order valence-electron chi connectivity index (χ3n) is 10.0. The number of aromatic nitrogens is 1. The fourth-order valence-corrected chi connectivity index (χ4v) is 7.90. The molecule has 0 atom stereocenters. The second-order valence-corrected chi connectivity index (χ2v) is 12.6. The molecular weight excluding hydrogens is 597 g/mol. The first-order valence-electron chi connectivity index (χ1n) is 16.4. The molecule has 0 spiro atoms. The zero-order valence-electron chi connectivity index (χ0n) is 26.3. The van der Waals surface area contributed by atoms with Crippen LogP contribution in [0.15, 0.2) is 158 Å². The van der Waals surface area contributed by atoms with E-state index < -0.39 is 0 Å². The minimum atomic E-state index is 0.654. The Bertz CT molecular complexity index is 2810. The van der Waals surface area contributed by atoms with Crippen LogP contribution in [0.1, 0.15) is 5.56 Å². The van der Waals surface area contributed by atoms with Crippen LogP contribution in [0.3, 0.4) is 0 Å². The molecule has 8 aromatic carbocycles. The van der Waals surface area contributed by atoms with E-state index in [9.17, 15) is 5.26 Å². The molecule has 0 N–H and O–H groups in total. The van der Waals surface area contributed by atoms with Crippen LogP contribution >= 0.6 is 0 Å². The highest BCUT2D eigenvalue weighted by molar-refractivity contribution is 6.24. The van der Waals surface area contributed by atoms with Crippen molar-refractivity contribution in [2.45, 2.75) is 0 Å². The van der Waals surface area contributed by atoms with Crippen LogP contribution in [0.25, 0.3) is 87.6 Å². The lowest BCUT2D eigenvalue weighted by molar-refractivity contribution is 0.487. The third kappa shape index (κ3) is 4.05. The summed E-state index contributed by atoms with van der Waals surface area (Å²) in [5.41, 5.74) is 9.76. The van der Waals surface area contributed by atoms with Crippen molar-refractivity contribution in [2.24, 2.45) is 0 Å². The van der Waals surface area contributed by atoms with Gasteiger partial charge in [0.25, 0.3) is 0 Å². The van der Waals surface area contributed by atoms with Crippen molar-refractivity contribution in [3.05, 3.63) is 164 Å². The number of hydrogen-bond acceptors (Lipinski definition) is 3. The Kier molecular flexibility index (Phi) is 5.94. The number of rotatable bonds is 3. The summed E-state index contributed by atoms with van der Waals surface area (Å²) >= 11 is 0. The van der Waals surface area contributed by atoms with E-state index in [0.717, 1.165) is 44.5 Å². The molecule has 10 rings (SSSR count). The Morgan fingerprint density at radius 1 is 0.449 bits per heavy atom. The minimum absolute atomic E-state index is 0.654. The molecule has 1 aromatic heterocycles. The Labute approximate surface area is 282 Å². The van der Waals surface area contributed by atoms with Gasteiger partial charge in [-0.3, -0.25) is 4.98 Å². The van der Waals surface area contributed by atoms with Gasteiger partial charge in [0.05, 0.1) is 11.6 Å². The first-order chi connectivity index (χ1) is 24.3.